The molecule has 6 nitrogen and oxygen atoms in total. The number of anilines is 1. The fourth-order valence-corrected chi connectivity index (χ4v) is 2.64. The van der Waals surface area contributed by atoms with Gasteiger partial charge in [-0.25, -0.2) is 4.79 Å². The second kappa shape index (κ2) is 7.89. The number of ether oxygens (including phenoxy) is 1. The van der Waals surface area contributed by atoms with Crippen molar-refractivity contribution in [2.75, 3.05) is 5.32 Å². The maximum Gasteiger partial charge on any atom is 0.344 e. The van der Waals surface area contributed by atoms with Crippen LogP contribution in [-0.4, -0.2) is 23.1 Å². The third-order valence-electron chi connectivity index (χ3n) is 3.48. The molecule has 0 saturated carbocycles. The Morgan fingerprint density at radius 3 is 2.36 bits per heavy atom. The van der Waals surface area contributed by atoms with Gasteiger partial charge in [0.25, 0.3) is 5.91 Å². The molecule has 134 valence electrons. The summed E-state index contributed by atoms with van der Waals surface area (Å²) in [5.41, 5.74) is 0.920. The number of aromatic nitrogens is 1. The largest absolute Gasteiger partial charge is 0.449 e. The van der Waals surface area contributed by atoms with Gasteiger partial charge in [-0.15, -0.1) is 0 Å². The summed E-state index contributed by atoms with van der Waals surface area (Å²) < 4.78 is 10.4. The zero-order valence-electron chi connectivity index (χ0n) is 14.2. The number of aryl methyl sites for hydroxylation is 1. The molecule has 2 rings (SSSR count). The van der Waals surface area contributed by atoms with Gasteiger partial charge in [-0.1, -0.05) is 48.3 Å². The van der Waals surface area contributed by atoms with Crippen LogP contribution in [0.4, 0.5) is 5.69 Å². The van der Waals surface area contributed by atoms with Crippen LogP contribution in [0.25, 0.3) is 0 Å². The Morgan fingerprint density at radius 1 is 1.20 bits per heavy atom. The highest BCUT2D eigenvalue weighted by Gasteiger charge is 2.27. The topological polar surface area (TPSA) is 81.4 Å². The molecule has 0 aliphatic heterocycles. The Kier molecular flexibility index (Phi) is 6.08. The maximum atomic E-state index is 12.4. The van der Waals surface area contributed by atoms with E-state index in [1.54, 1.807) is 25.1 Å². The highest BCUT2D eigenvalue weighted by molar-refractivity contribution is 6.39. The van der Waals surface area contributed by atoms with Crippen LogP contribution in [-0.2, 0) is 9.53 Å². The average molecular weight is 385 g/mol. The van der Waals surface area contributed by atoms with E-state index >= 15 is 0 Å². The van der Waals surface area contributed by atoms with Crippen LogP contribution in [0.5, 0.6) is 0 Å². The summed E-state index contributed by atoms with van der Waals surface area (Å²) in [7, 11) is 0. The van der Waals surface area contributed by atoms with Gasteiger partial charge in [-0.2, -0.15) is 0 Å². The molecular formula is C17H18Cl2N2O4. The number of hydrogen-bond acceptors (Lipinski definition) is 5. The minimum absolute atomic E-state index is 0.0465. The van der Waals surface area contributed by atoms with Crippen LogP contribution in [0, 0.1) is 6.92 Å². The van der Waals surface area contributed by atoms with E-state index in [0.29, 0.717) is 11.5 Å². The van der Waals surface area contributed by atoms with E-state index < -0.39 is 18.0 Å². The van der Waals surface area contributed by atoms with Crippen molar-refractivity contribution >= 4 is 40.8 Å². The Bertz CT molecular complexity index is 782. The molecule has 0 radical (unpaired) electrons. The number of halogens is 2. The number of hydrogen-bond donors (Lipinski definition) is 1. The number of nitrogens with zero attached hydrogens (tertiary/aromatic N) is 1. The number of benzene rings is 1. The van der Waals surface area contributed by atoms with Gasteiger partial charge >= 0.3 is 5.97 Å². The van der Waals surface area contributed by atoms with Crippen molar-refractivity contribution in [3.63, 3.8) is 0 Å². The predicted molar refractivity (Wildman–Crippen MR) is 95.3 cm³/mol. The standard InChI is InChI=1S/C17H18Cl2N2O4/c1-8(2)15-13(9(3)21-25-15)17(23)24-10(4)16(22)20-14-11(18)6-5-7-12(14)19/h5-8,10H,1-4H3,(H,20,22)/t10-/m1/s1. The lowest BCUT2D eigenvalue weighted by Crippen LogP contribution is -2.30. The predicted octanol–water partition coefficient (Wildman–Crippen LogP) is 4.60. The molecule has 1 aromatic heterocycles. The van der Waals surface area contributed by atoms with Crippen LogP contribution in [0.2, 0.25) is 10.0 Å². The fourth-order valence-electron chi connectivity index (χ4n) is 2.14. The Hall–Kier alpha value is -2.05. The first-order chi connectivity index (χ1) is 11.7. The minimum Gasteiger partial charge on any atom is -0.449 e. The normalized spacial score (nSPS) is 12.1. The second-order valence-electron chi connectivity index (χ2n) is 5.80. The molecule has 1 atom stereocenters. The van der Waals surface area contributed by atoms with Gasteiger partial charge < -0.3 is 14.6 Å². The SMILES string of the molecule is Cc1noc(C(C)C)c1C(=O)O[C@H](C)C(=O)Nc1c(Cl)cccc1Cl. The molecule has 2 aromatic rings. The van der Waals surface area contributed by atoms with E-state index in [9.17, 15) is 9.59 Å². The lowest BCUT2D eigenvalue weighted by atomic mass is 10.1. The Morgan fingerprint density at radius 2 is 1.80 bits per heavy atom. The van der Waals surface area contributed by atoms with Crippen molar-refractivity contribution in [3.05, 3.63) is 45.3 Å². The van der Waals surface area contributed by atoms with E-state index in [4.69, 9.17) is 32.5 Å². The summed E-state index contributed by atoms with van der Waals surface area (Å²) in [6.07, 6.45) is -1.06. The summed E-state index contributed by atoms with van der Waals surface area (Å²) in [4.78, 5) is 24.7. The molecule has 0 unspecified atom stereocenters. The zero-order valence-corrected chi connectivity index (χ0v) is 15.7. The molecular weight excluding hydrogens is 367 g/mol. The van der Waals surface area contributed by atoms with Crippen molar-refractivity contribution in [2.45, 2.75) is 39.7 Å². The summed E-state index contributed by atoms with van der Waals surface area (Å²) in [6.45, 7) is 6.83. The first-order valence-corrected chi connectivity index (χ1v) is 8.40. The first-order valence-electron chi connectivity index (χ1n) is 7.64. The summed E-state index contributed by atoms with van der Waals surface area (Å²) in [5.74, 6) is -0.849. The van der Waals surface area contributed by atoms with Crippen molar-refractivity contribution in [1.29, 1.82) is 0 Å². The quantitative estimate of drug-likeness (QED) is 0.761. The van der Waals surface area contributed by atoms with Gasteiger partial charge in [-0.05, 0) is 26.0 Å². The van der Waals surface area contributed by atoms with E-state index in [0.717, 1.165) is 0 Å². The summed E-state index contributed by atoms with van der Waals surface area (Å²) in [6, 6.07) is 4.84. The molecule has 8 heteroatoms. The van der Waals surface area contributed by atoms with E-state index in [2.05, 4.69) is 10.5 Å². The molecule has 0 bridgehead atoms. The maximum absolute atomic E-state index is 12.4. The van der Waals surface area contributed by atoms with Crippen LogP contribution in [0.15, 0.2) is 22.7 Å². The smallest absolute Gasteiger partial charge is 0.344 e. The lowest BCUT2D eigenvalue weighted by Gasteiger charge is -2.15. The molecule has 25 heavy (non-hydrogen) atoms. The molecule has 0 fully saturated rings. The van der Waals surface area contributed by atoms with Gasteiger partial charge in [-0.3, -0.25) is 4.79 Å². The number of carbonyl (C=O) groups excluding carboxylic acids is 2. The van der Waals surface area contributed by atoms with Crippen LogP contribution < -0.4 is 5.32 Å². The lowest BCUT2D eigenvalue weighted by molar-refractivity contribution is -0.123. The summed E-state index contributed by atoms with van der Waals surface area (Å²) >= 11 is 12.0. The van der Waals surface area contributed by atoms with E-state index in [-0.39, 0.29) is 27.2 Å². The second-order valence-corrected chi connectivity index (χ2v) is 6.61. The van der Waals surface area contributed by atoms with Gasteiger partial charge in [0.2, 0.25) is 0 Å². The van der Waals surface area contributed by atoms with Crippen molar-refractivity contribution < 1.29 is 18.8 Å². The molecule has 0 aliphatic rings. The van der Waals surface area contributed by atoms with Crippen molar-refractivity contribution in [1.82, 2.24) is 5.16 Å². The first kappa shape index (κ1) is 19.3. The zero-order chi connectivity index (χ0) is 18.7. The molecule has 1 N–H and O–H groups in total. The van der Waals surface area contributed by atoms with Gasteiger partial charge in [0.05, 0.1) is 21.4 Å². The number of amides is 1. The highest BCUT2D eigenvalue weighted by atomic mass is 35.5. The van der Waals surface area contributed by atoms with Gasteiger partial charge in [0.15, 0.2) is 11.9 Å². The van der Waals surface area contributed by atoms with Crippen LogP contribution in [0.1, 0.15) is 48.5 Å². The number of carbonyl (C=O) groups is 2. The monoisotopic (exact) mass is 384 g/mol. The number of para-hydroxylation sites is 1. The van der Waals surface area contributed by atoms with Crippen molar-refractivity contribution in [3.8, 4) is 0 Å². The fraction of sp³-hybridized carbons (Fsp3) is 0.353. The third-order valence-corrected chi connectivity index (χ3v) is 4.11. The minimum atomic E-state index is -1.06. The molecule has 1 aromatic carbocycles. The van der Waals surface area contributed by atoms with Gasteiger partial charge in [0, 0.05) is 5.92 Å². The summed E-state index contributed by atoms with van der Waals surface area (Å²) in [5, 5.41) is 6.93. The number of rotatable bonds is 5. The van der Waals surface area contributed by atoms with E-state index in [1.165, 1.54) is 6.92 Å². The number of esters is 1. The average Bonchev–Trinajstić information content (AvgIpc) is 2.92. The molecule has 0 spiro atoms. The Labute approximate surface area is 155 Å². The molecule has 0 saturated heterocycles. The van der Waals surface area contributed by atoms with Crippen LogP contribution >= 0.6 is 23.2 Å². The van der Waals surface area contributed by atoms with Crippen molar-refractivity contribution in [2.24, 2.45) is 0 Å². The van der Waals surface area contributed by atoms with E-state index in [1.807, 2.05) is 13.8 Å². The highest BCUT2D eigenvalue weighted by Crippen LogP contribution is 2.30. The Balaban J connectivity index is 2.11. The van der Waals surface area contributed by atoms with Crippen LogP contribution in [0.3, 0.4) is 0 Å². The molecule has 1 amide bonds. The number of nitrogens with one attached hydrogen (secondary N) is 1. The molecule has 0 aliphatic carbocycles. The molecule has 1 heterocycles. The third kappa shape index (κ3) is 4.32. The van der Waals surface area contributed by atoms with Gasteiger partial charge in [0.1, 0.15) is 5.56 Å².